The van der Waals surface area contributed by atoms with Crippen LogP contribution >= 0.6 is 0 Å². The molecule has 4 rings (SSSR count). The molecule has 2 aliphatic heterocycles. The van der Waals surface area contributed by atoms with Gasteiger partial charge in [0.2, 0.25) is 5.91 Å². The molecule has 2 saturated heterocycles. The quantitative estimate of drug-likeness (QED) is 0.754. The molecule has 0 aliphatic carbocycles. The first-order valence-corrected chi connectivity index (χ1v) is 9.77. The highest BCUT2D eigenvalue weighted by molar-refractivity contribution is 6.01. The fourth-order valence-electron chi connectivity index (χ4n) is 3.94. The van der Waals surface area contributed by atoms with E-state index in [4.69, 9.17) is 4.74 Å². The van der Waals surface area contributed by atoms with E-state index in [-0.39, 0.29) is 24.6 Å². The Morgan fingerprint density at radius 2 is 2.03 bits per heavy atom. The Morgan fingerprint density at radius 3 is 2.67 bits per heavy atom. The van der Waals surface area contributed by atoms with Crippen LogP contribution in [0.3, 0.4) is 0 Å². The van der Waals surface area contributed by atoms with Crippen LogP contribution in [0.5, 0.6) is 0 Å². The number of anilines is 1. The summed E-state index contributed by atoms with van der Waals surface area (Å²) < 4.78 is 32.2. The molecular weight excluding hydrogens is 398 g/mol. The summed E-state index contributed by atoms with van der Waals surface area (Å²) in [5.74, 6) is 0.156. The third-order valence-corrected chi connectivity index (χ3v) is 5.34. The summed E-state index contributed by atoms with van der Waals surface area (Å²) in [6.07, 6.45) is -0.985. The van der Waals surface area contributed by atoms with Crippen molar-refractivity contribution >= 4 is 29.0 Å². The molecule has 4 heterocycles. The number of fused-ring (bicyclic) bond motifs is 1. The van der Waals surface area contributed by atoms with Crippen LogP contribution in [0.15, 0.2) is 6.20 Å². The molecule has 0 saturated carbocycles. The first-order chi connectivity index (χ1) is 14.0. The van der Waals surface area contributed by atoms with Crippen LogP contribution in [0.1, 0.15) is 32.9 Å². The Morgan fingerprint density at radius 1 is 1.33 bits per heavy atom. The first-order valence-electron chi connectivity index (χ1n) is 9.77. The number of amides is 2. The van der Waals surface area contributed by atoms with Crippen molar-refractivity contribution in [2.75, 3.05) is 24.5 Å². The number of likely N-dealkylation sites (tertiary alicyclic amines) is 1. The lowest BCUT2D eigenvalue weighted by molar-refractivity contribution is -0.134. The number of ether oxygens (including phenoxy) is 1. The molecule has 0 aromatic carbocycles. The minimum atomic E-state index is -2.58. The molecule has 0 atom stereocenters. The van der Waals surface area contributed by atoms with E-state index in [9.17, 15) is 18.4 Å². The zero-order valence-electron chi connectivity index (χ0n) is 17.4. The topological polar surface area (TPSA) is 93.5 Å². The predicted molar refractivity (Wildman–Crippen MR) is 103 cm³/mol. The van der Waals surface area contributed by atoms with E-state index < -0.39 is 30.1 Å². The Labute approximate surface area is 172 Å². The van der Waals surface area contributed by atoms with Gasteiger partial charge < -0.3 is 9.64 Å². The minimum Gasteiger partial charge on any atom is -0.444 e. The molecule has 0 N–H and O–H groups in total. The minimum absolute atomic E-state index is 0.146. The number of hydrogen-bond donors (Lipinski definition) is 0. The molecule has 0 radical (unpaired) electrons. The van der Waals surface area contributed by atoms with Gasteiger partial charge in [-0.25, -0.2) is 28.2 Å². The van der Waals surface area contributed by atoms with Gasteiger partial charge >= 0.3 is 6.09 Å². The Kier molecular flexibility index (Phi) is 4.66. The highest BCUT2D eigenvalue weighted by Gasteiger charge is 2.57. The van der Waals surface area contributed by atoms with Crippen LogP contribution in [-0.4, -0.2) is 68.3 Å². The molecule has 2 aromatic rings. The van der Waals surface area contributed by atoms with Gasteiger partial charge in [-0.1, -0.05) is 0 Å². The Balaban J connectivity index is 1.52. The zero-order chi connectivity index (χ0) is 21.8. The fraction of sp³-hybridized carbons (Fsp3) is 0.632. The number of aryl methyl sites for hydroxylation is 1. The number of aromatic nitrogens is 4. The lowest BCUT2D eigenvalue weighted by Gasteiger charge is -2.46. The fourth-order valence-corrected chi connectivity index (χ4v) is 3.94. The summed E-state index contributed by atoms with van der Waals surface area (Å²) in [4.78, 5) is 37.0. The van der Waals surface area contributed by atoms with E-state index in [0.29, 0.717) is 30.0 Å². The number of halogens is 2. The summed E-state index contributed by atoms with van der Waals surface area (Å²) in [6, 6.07) is 0. The molecule has 2 amide bonds. The van der Waals surface area contributed by atoms with Crippen LogP contribution in [0, 0.1) is 12.3 Å². The van der Waals surface area contributed by atoms with E-state index in [1.165, 1.54) is 16.0 Å². The van der Waals surface area contributed by atoms with Gasteiger partial charge in [-0.2, -0.15) is 5.10 Å². The van der Waals surface area contributed by atoms with Crippen molar-refractivity contribution in [3.63, 3.8) is 0 Å². The van der Waals surface area contributed by atoms with Crippen LogP contribution in [-0.2, 0) is 16.1 Å². The monoisotopic (exact) mass is 422 g/mol. The summed E-state index contributed by atoms with van der Waals surface area (Å²) in [5.41, 5.74) is -0.104. The molecule has 0 bridgehead atoms. The highest BCUT2D eigenvalue weighted by Crippen LogP contribution is 2.42. The second-order valence-electron chi connectivity index (χ2n) is 8.88. The van der Waals surface area contributed by atoms with Crippen molar-refractivity contribution in [1.29, 1.82) is 0 Å². The van der Waals surface area contributed by atoms with Gasteiger partial charge in [0.15, 0.2) is 11.5 Å². The van der Waals surface area contributed by atoms with E-state index in [1.807, 2.05) is 0 Å². The molecule has 162 valence electrons. The third kappa shape index (κ3) is 3.46. The van der Waals surface area contributed by atoms with Gasteiger partial charge in [-0.05, 0) is 34.1 Å². The summed E-state index contributed by atoms with van der Waals surface area (Å²) in [6.45, 7) is 7.45. The molecule has 0 unspecified atom stereocenters. The van der Waals surface area contributed by atoms with Gasteiger partial charge in [-0.3, -0.25) is 9.69 Å². The van der Waals surface area contributed by atoms with E-state index in [1.54, 1.807) is 27.7 Å². The highest BCUT2D eigenvalue weighted by atomic mass is 19.3. The van der Waals surface area contributed by atoms with Crippen molar-refractivity contribution in [2.45, 2.75) is 52.7 Å². The maximum Gasteiger partial charge on any atom is 0.410 e. The van der Waals surface area contributed by atoms with Crippen molar-refractivity contribution in [3.8, 4) is 0 Å². The SMILES string of the molecule is Cc1nn(CC(F)F)c2nc(N3CCC4(CN(C(=O)OC(C)(C)C)C4)C3=O)cnc12. The van der Waals surface area contributed by atoms with E-state index in [0.717, 1.165) is 4.68 Å². The molecule has 9 nitrogen and oxygen atoms in total. The number of carbonyl (C=O) groups excluding carboxylic acids is 2. The summed E-state index contributed by atoms with van der Waals surface area (Å²) in [5, 5.41) is 4.08. The number of rotatable bonds is 3. The molecular formula is C19H24F2N6O3. The number of hydrogen-bond acceptors (Lipinski definition) is 6. The smallest absolute Gasteiger partial charge is 0.410 e. The van der Waals surface area contributed by atoms with Crippen molar-refractivity contribution < 1.29 is 23.1 Å². The standard InChI is InChI=1S/C19H24F2N6O3/c1-11-14-15(27(24-11)8-12(20)21)23-13(7-22-14)26-6-5-19(16(26)28)9-25(10-19)17(29)30-18(2,3)4/h7,12H,5-6,8-10H2,1-4H3. The lowest BCUT2D eigenvalue weighted by Crippen LogP contribution is -2.62. The second kappa shape index (κ2) is 6.85. The van der Waals surface area contributed by atoms with Crippen molar-refractivity contribution in [3.05, 3.63) is 11.9 Å². The van der Waals surface area contributed by atoms with Crippen LogP contribution < -0.4 is 4.90 Å². The van der Waals surface area contributed by atoms with Crippen molar-refractivity contribution in [1.82, 2.24) is 24.6 Å². The summed E-state index contributed by atoms with van der Waals surface area (Å²) >= 11 is 0. The number of carbonyl (C=O) groups is 2. The average Bonchev–Trinajstić information content (AvgIpc) is 3.09. The third-order valence-electron chi connectivity index (χ3n) is 5.34. The molecule has 11 heteroatoms. The number of alkyl halides is 2. The van der Waals surface area contributed by atoms with Gasteiger partial charge in [-0.15, -0.1) is 0 Å². The Bertz CT molecular complexity index is 1010. The molecule has 2 aromatic heterocycles. The van der Waals surface area contributed by atoms with Gasteiger partial charge in [0.05, 0.1) is 17.3 Å². The van der Waals surface area contributed by atoms with Crippen molar-refractivity contribution in [2.24, 2.45) is 5.41 Å². The number of nitrogens with zero attached hydrogens (tertiary/aromatic N) is 6. The maximum atomic E-state index is 13.1. The first kappa shape index (κ1) is 20.4. The maximum absolute atomic E-state index is 13.1. The lowest BCUT2D eigenvalue weighted by atomic mass is 9.78. The molecule has 1 spiro atoms. The van der Waals surface area contributed by atoms with Gasteiger partial charge in [0.1, 0.15) is 17.7 Å². The molecule has 2 aliphatic rings. The summed E-state index contributed by atoms with van der Waals surface area (Å²) in [7, 11) is 0. The van der Waals surface area contributed by atoms with Gasteiger partial charge in [0, 0.05) is 19.6 Å². The Hall–Kier alpha value is -2.85. The largest absolute Gasteiger partial charge is 0.444 e. The zero-order valence-corrected chi connectivity index (χ0v) is 17.4. The van der Waals surface area contributed by atoms with Gasteiger partial charge in [0.25, 0.3) is 6.43 Å². The van der Waals surface area contributed by atoms with Crippen LogP contribution in [0.4, 0.5) is 19.4 Å². The molecule has 2 fully saturated rings. The van der Waals surface area contributed by atoms with E-state index >= 15 is 0 Å². The molecule has 30 heavy (non-hydrogen) atoms. The normalized spacial score (nSPS) is 18.6. The van der Waals surface area contributed by atoms with Crippen LogP contribution in [0.2, 0.25) is 0 Å². The second-order valence-corrected chi connectivity index (χ2v) is 8.88. The van der Waals surface area contributed by atoms with E-state index in [2.05, 4.69) is 15.1 Å². The average molecular weight is 422 g/mol. The van der Waals surface area contributed by atoms with Crippen LogP contribution in [0.25, 0.3) is 11.2 Å². The predicted octanol–water partition coefficient (Wildman–Crippen LogP) is 2.37.